The fourth-order valence-corrected chi connectivity index (χ4v) is 2.66. The molecule has 3 amide bonds. The number of ether oxygens (including phenoxy) is 2. The minimum absolute atomic E-state index is 0.109. The number of nitrogens with one attached hydrogen (secondary N) is 2. The number of imide groups is 1. The molecule has 0 spiro atoms. The lowest BCUT2D eigenvalue weighted by molar-refractivity contribution is -0.131. The fraction of sp³-hybridized carbons (Fsp3) is 0.316. The smallest absolute Gasteiger partial charge is 0.325 e. The highest BCUT2D eigenvalue weighted by Crippen LogP contribution is 2.30. The Labute approximate surface area is 151 Å². The van der Waals surface area contributed by atoms with Crippen LogP contribution in [-0.4, -0.2) is 30.1 Å². The van der Waals surface area contributed by atoms with Gasteiger partial charge in [0.25, 0.3) is 0 Å². The van der Waals surface area contributed by atoms with Gasteiger partial charge in [-0.15, -0.1) is 0 Å². The third-order valence-electron chi connectivity index (χ3n) is 4.33. The van der Waals surface area contributed by atoms with E-state index in [-0.39, 0.29) is 17.9 Å². The summed E-state index contributed by atoms with van der Waals surface area (Å²) >= 11 is 0. The Balaban J connectivity index is 1.58. The van der Waals surface area contributed by atoms with Crippen LogP contribution in [0.1, 0.15) is 18.4 Å². The first kappa shape index (κ1) is 17.9. The largest absolute Gasteiger partial charge is 0.439 e. The van der Waals surface area contributed by atoms with Crippen LogP contribution < -0.4 is 15.4 Å². The van der Waals surface area contributed by atoms with Gasteiger partial charge in [-0.25, -0.2) is 9.78 Å². The second-order valence-corrected chi connectivity index (χ2v) is 6.22. The molecule has 2 aromatic rings. The van der Waals surface area contributed by atoms with Gasteiger partial charge >= 0.3 is 6.03 Å². The molecule has 7 nitrogen and oxygen atoms in total. The normalized spacial score (nSPS) is 18.5. The first-order chi connectivity index (χ1) is 12.5. The van der Waals surface area contributed by atoms with Crippen molar-refractivity contribution in [2.45, 2.75) is 25.9 Å². The minimum atomic E-state index is -0.566. The zero-order chi connectivity index (χ0) is 18.5. The van der Waals surface area contributed by atoms with Gasteiger partial charge in [0.2, 0.25) is 11.8 Å². The Morgan fingerprint density at radius 1 is 1.19 bits per heavy atom. The van der Waals surface area contributed by atoms with Crippen LogP contribution in [0.15, 0.2) is 42.6 Å². The van der Waals surface area contributed by atoms with Crippen molar-refractivity contribution in [2.75, 3.05) is 12.4 Å². The molecular weight excluding hydrogens is 334 g/mol. The zero-order valence-electron chi connectivity index (χ0n) is 14.7. The summed E-state index contributed by atoms with van der Waals surface area (Å²) < 4.78 is 10.9. The van der Waals surface area contributed by atoms with E-state index in [4.69, 9.17) is 9.47 Å². The second-order valence-electron chi connectivity index (χ2n) is 6.22. The van der Waals surface area contributed by atoms with Crippen LogP contribution in [0.3, 0.4) is 0 Å². The quantitative estimate of drug-likeness (QED) is 0.859. The Hall–Kier alpha value is -2.93. The molecule has 2 N–H and O–H groups in total. The lowest BCUT2D eigenvalue weighted by atomic mass is 9.81. The Morgan fingerprint density at radius 3 is 2.69 bits per heavy atom. The first-order valence-electron chi connectivity index (χ1n) is 8.39. The summed E-state index contributed by atoms with van der Waals surface area (Å²) in [7, 11) is 1.62. The first-order valence-corrected chi connectivity index (χ1v) is 8.39. The van der Waals surface area contributed by atoms with Crippen LogP contribution in [0.25, 0.3) is 0 Å². The van der Waals surface area contributed by atoms with Crippen LogP contribution in [-0.2, 0) is 9.53 Å². The molecule has 1 heterocycles. The third-order valence-corrected chi connectivity index (χ3v) is 4.33. The maximum Gasteiger partial charge on any atom is 0.325 e. The topological polar surface area (TPSA) is 89.5 Å². The summed E-state index contributed by atoms with van der Waals surface area (Å²) in [5.74, 6) is 0.583. The van der Waals surface area contributed by atoms with Crippen molar-refractivity contribution in [3.8, 4) is 11.6 Å². The van der Waals surface area contributed by atoms with Gasteiger partial charge in [0.15, 0.2) is 0 Å². The third kappa shape index (κ3) is 4.37. The molecule has 0 bridgehead atoms. The predicted molar refractivity (Wildman–Crippen MR) is 96.2 cm³/mol. The molecule has 0 atom stereocenters. The van der Waals surface area contributed by atoms with E-state index >= 15 is 0 Å². The van der Waals surface area contributed by atoms with Crippen molar-refractivity contribution in [2.24, 2.45) is 5.92 Å². The summed E-state index contributed by atoms with van der Waals surface area (Å²) in [4.78, 5) is 28.2. The molecule has 1 aliphatic carbocycles. The van der Waals surface area contributed by atoms with Crippen LogP contribution in [0.5, 0.6) is 11.6 Å². The molecule has 1 fully saturated rings. The lowest BCUT2D eigenvalue weighted by Gasteiger charge is -2.32. The number of aryl methyl sites for hydroxylation is 1. The number of urea groups is 1. The number of benzene rings is 1. The van der Waals surface area contributed by atoms with Gasteiger partial charge in [-0.05, 0) is 37.5 Å². The summed E-state index contributed by atoms with van der Waals surface area (Å²) in [5, 5.41) is 5.01. The van der Waals surface area contributed by atoms with Gasteiger partial charge in [-0.2, -0.15) is 0 Å². The van der Waals surface area contributed by atoms with E-state index in [9.17, 15) is 9.59 Å². The monoisotopic (exact) mass is 355 g/mol. The number of pyridine rings is 1. The molecular formula is C19H21N3O4. The van der Waals surface area contributed by atoms with Gasteiger partial charge in [0.05, 0.1) is 6.10 Å². The van der Waals surface area contributed by atoms with Gasteiger partial charge in [-0.1, -0.05) is 12.1 Å². The van der Waals surface area contributed by atoms with Gasteiger partial charge in [-0.3, -0.25) is 10.1 Å². The zero-order valence-corrected chi connectivity index (χ0v) is 14.7. The maximum atomic E-state index is 12.0. The average Bonchev–Trinajstić information content (AvgIpc) is 2.58. The van der Waals surface area contributed by atoms with Crippen LogP contribution >= 0.6 is 0 Å². The van der Waals surface area contributed by atoms with E-state index < -0.39 is 6.03 Å². The predicted octanol–water partition coefficient (Wildman–Crippen LogP) is 3.26. The summed E-state index contributed by atoms with van der Waals surface area (Å²) in [6.45, 7) is 1.90. The standard InChI is InChI=1S/C19H21N3O4/c1-12-6-7-14(11-16(12)26-17-5-3-4-8-20-17)21-19(24)22-18(23)13-9-15(10-13)25-2/h3-8,11,13,15H,9-10H2,1-2H3,(H2,21,22,23,24). The fourth-order valence-electron chi connectivity index (χ4n) is 2.66. The molecule has 1 aromatic carbocycles. The number of methoxy groups -OCH3 is 1. The van der Waals surface area contributed by atoms with E-state index in [1.54, 1.807) is 37.6 Å². The van der Waals surface area contributed by atoms with E-state index in [1.165, 1.54) is 0 Å². The second kappa shape index (κ2) is 7.97. The van der Waals surface area contributed by atoms with Crippen molar-refractivity contribution in [1.82, 2.24) is 10.3 Å². The molecule has 0 radical (unpaired) electrons. The van der Waals surface area contributed by atoms with E-state index in [0.29, 0.717) is 30.2 Å². The number of carbonyl (C=O) groups excluding carboxylic acids is 2. The van der Waals surface area contributed by atoms with Crippen molar-refractivity contribution in [3.05, 3.63) is 48.2 Å². The van der Waals surface area contributed by atoms with Crippen molar-refractivity contribution in [1.29, 1.82) is 0 Å². The molecule has 26 heavy (non-hydrogen) atoms. The molecule has 0 saturated heterocycles. The SMILES string of the molecule is COC1CC(C(=O)NC(=O)Nc2ccc(C)c(Oc3ccccn3)c2)C1. The van der Waals surface area contributed by atoms with Crippen molar-refractivity contribution in [3.63, 3.8) is 0 Å². The van der Waals surface area contributed by atoms with E-state index in [0.717, 1.165) is 5.56 Å². The van der Waals surface area contributed by atoms with Gasteiger partial charge < -0.3 is 14.8 Å². The number of amides is 3. The molecule has 1 aromatic heterocycles. The number of rotatable bonds is 5. The summed E-state index contributed by atoms with van der Waals surface area (Å²) in [5.41, 5.74) is 1.42. The number of aromatic nitrogens is 1. The molecule has 0 aliphatic heterocycles. The Kier molecular flexibility index (Phi) is 5.48. The van der Waals surface area contributed by atoms with E-state index in [1.807, 2.05) is 19.1 Å². The lowest BCUT2D eigenvalue weighted by Crippen LogP contribution is -2.45. The molecule has 1 saturated carbocycles. The van der Waals surface area contributed by atoms with Crippen LogP contribution in [0.4, 0.5) is 10.5 Å². The maximum absolute atomic E-state index is 12.0. The minimum Gasteiger partial charge on any atom is -0.439 e. The van der Waals surface area contributed by atoms with E-state index in [2.05, 4.69) is 15.6 Å². The molecule has 0 unspecified atom stereocenters. The number of nitrogens with zero attached hydrogens (tertiary/aromatic N) is 1. The molecule has 3 rings (SSSR count). The summed E-state index contributed by atoms with van der Waals surface area (Å²) in [6, 6.07) is 10.1. The molecule has 1 aliphatic rings. The molecule has 7 heteroatoms. The van der Waals surface area contributed by atoms with Crippen molar-refractivity contribution < 1.29 is 19.1 Å². The highest BCUT2D eigenvalue weighted by Gasteiger charge is 2.35. The average molecular weight is 355 g/mol. The number of hydrogen-bond donors (Lipinski definition) is 2. The highest BCUT2D eigenvalue weighted by atomic mass is 16.5. The number of hydrogen-bond acceptors (Lipinski definition) is 5. The Bertz CT molecular complexity index is 789. The number of carbonyl (C=O) groups is 2. The molecule has 136 valence electrons. The van der Waals surface area contributed by atoms with Crippen LogP contribution in [0, 0.1) is 12.8 Å². The summed E-state index contributed by atoms with van der Waals surface area (Å²) in [6.07, 6.45) is 3.03. The number of anilines is 1. The van der Waals surface area contributed by atoms with Crippen LogP contribution in [0.2, 0.25) is 0 Å². The van der Waals surface area contributed by atoms with Gasteiger partial charge in [0, 0.05) is 37.0 Å². The Morgan fingerprint density at radius 2 is 2.00 bits per heavy atom. The van der Waals surface area contributed by atoms with Crippen molar-refractivity contribution >= 4 is 17.6 Å². The highest BCUT2D eigenvalue weighted by molar-refractivity contribution is 6.02. The van der Waals surface area contributed by atoms with Gasteiger partial charge in [0.1, 0.15) is 5.75 Å².